The molecule has 0 aliphatic rings. The van der Waals surface area contributed by atoms with Crippen LogP contribution in [0, 0.1) is 0 Å². The molecule has 2 rings (SSSR count). The average molecular weight is 297 g/mol. The molecule has 0 saturated heterocycles. The number of benzene rings is 1. The molecule has 0 aliphatic heterocycles. The predicted molar refractivity (Wildman–Crippen MR) is 89.9 cm³/mol. The van der Waals surface area contributed by atoms with Crippen LogP contribution in [0.25, 0.3) is 0 Å². The van der Waals surface area contributed by atoms with Crippen LogP contribution >= 0.6 is 0 Å². The standard InChI is InChI=1S/C18H23N3O/c1-4-13(2)20-17-12-16(10-11-19-17)18(22)21-14(3)15-8-6-5-7-9-15/h5-14H,4H2,1-3H3,(H,19,20)(H,21,22). The summed E-state index contributed by atoms with van der Waals surface area (Å²) < 4.78 is 0. The van der Waals surface area contributed by atoms with Crippen LogP contribution in [0.5, 0.6) is 0 Å². The molecule has 4 heteroatoms. The minimum absolute atomic E-state index is 0.0344. The maximum atomic E-state index is 12.4. The van der Waals surface area contributed by atoms with Crippen molar-refractivity contribution in [3.8, 4) is 0 Å². The van der Waals surface area contributed by atoms with Crippen LogP contribution in [0.15, 0.2) is 48.7 Å². The zero-order valence-corrected chi connectivity index (χ0v) is 13.3. The smallest absolute Gasteiger partial charge is 0.251 e. The Labute approximate surface area is 132 Å². The summed E-state index contributed by atoms with van der Waals surface area (Å²) in [5, 5.41) is 6.29. The molecule has 0 bridgehead atoms. The van der Waals surface area contributed by atoms with Crippen LogP contribution in [0.4, 0.5) is 5.82 Å². The van der Waals surface area contributed by atoms with E-state index < -0.39 is 0 Å². The Hall–Kier alpha value is -2.36. The van der Waals surface area contributed by atoms with E-state index in [-0.39, 0.29) is 11.9 Å². The quantitative estimate of drug-likeness (QED) is 0.853. The van der Waals surface area contributed by atoms with E-state index in [2.05, 4.69) is 29.5 Å². The highest BCUT2D eigenvalue weighted by molar-refractivity contribution is 5.95. The summed E-state index contributed by atoms with van der Waals surface area (Å²) in [4.78, 5) is 16.6. The molecular formula is C18H23N3O. The lowest BCUT2D eigenvalue weighted by Crippen LogP contribution is -2.26. The Morgan fingerprint density at radius 2 is 1.91 bits per heavy atom. The van der Waals surface area contributed by atoms with Crippen molar-refractivity contribution in [2.45, 2.75) is 39.3 Å². The summed E-state index contributed by atoms with van der Waals surface area (Å²) in [5.41, 5.74) is 1.70. The highest BCUT2D eigenvalue weighted by Gasteiger charge is 2.12. The summed E-state index contributed by atoms with van der Waals surface area (Å²) in [6, 6.07) is 13.7. The maximum absolute atomic E-state index is 12.4. The van der Waals surface area contributed by atoms with Crippen LogP contribution in [-0.4, -0.2) is 16.9 Å². The lowest BCUT2D eigenvalue weighted by Gasteiger charge is -2.15. The summed E-state index contributed by atoms with van der Waals surface area (Å²) in [7, 11) is 0. The summed E-state index contributed by atoms with van der Waals surface area (Å²) in [6.07, 6.45) is 2.66. The predicted octanol–water partition coefficient (Wildman–Crippen LogP) is 3.78. The highest BCUT2D eigenvalue weighted by atomic mass is 16.1. The maximum Gasteiger partial charge on any atom is 0.251 e. The fraction of sp³-hybridized carbons (Fsp3) is 0.333. The van der Waals surface area contributed by atoms with Crippen molar-refractivity contribution in [1.82, 2.24) is 10.3 Å². The minimum atomic E-state index is -0.0917. The van der Waals surface area contributed by atoms with Crippen molar-refractivity contribution in [2.75, 3.05) is 5.32 Å². The van der Waals surface area contributed by atoms with Gasteiger partial charge in [0.25, 0.3) is 5.91 Å². The van der Waals surface area contributed by atoms with E-state index in [1.165, 1.54) is 0 Å². The first-order valence-electron chi connectivity index (χ1n) is 7.68. The molecular weight excluding hydrogens is 274 g/mol. The van der Waals surface area contributed by atoms with E-state index >= 15 is 0 Å². The molecule has 116 valence electrons. The molecule has 2 unspecified atom stereocenters. The first-order chi connectivity index (χ1) is 10.6. The van der Waals surface area contributed by atoms with Gasteiger partial charge >= 0.3 is 0 Å². The molecule has 1 aromatic carbocycles. The van der Waals surface area contributed by atoms with Crippen molar-refractivity contribution in [2.24, 2.45) is 0 Å². The van der Waals surface area contributed by atoms with Crippen LogP contribution in [0.2, 0.25) is 0 Å². The molecule has 2 aromatic rings. The van der Waals surface area contributed by atoms with Crippen LogP contribution in [-0.2, 0) is 0 Å². The summed E-state index contributed by atoms with van der Waals surface area (Å²) in [6.45, 7) is 6.18. The fourth-order valence-electron chi connectivity index (χ4n) is 2.11. The third kappa shape index (κ3) is 4.32. The number of hydrogen-bond acceptors (Lipinski definition) is 3. The highest BCUT2D eigenvalue weighted by Crippen LogP contribution is 2.14. The molecule has 2 N–H and O–H groups in total. The van der Waals surface area contributed by atoms with Gasteiger partial charge in [-0.3, -0.25) is 4.79 Å². The van der Waals surface area contributed by atoms with Crippen molar-refractivity contribution >= 4 is 11.7 Å². The molecule has 2 atom stereocenters. The Kier molecular flexibility index (Phi) is 5.53. The van der Waals surface area contributed by atoms with Gasteiger partial charge in [0.15, 0.2) is 0 Å². The van der Waals surface area contributed by atoms with E-state index in [9.17, 15) is 4.79 Å². The van der Waals surface area contributed by atoms with E-state index in [1.54, 1.807) is 18.3 Å². The number of aromatic nitrogens is 1. The van der Waals surface area contributed by atoms with E-state index in [0.29, 0.717) is 11.6 Å². The molecule has 0 aliphatic carbocycles. The Morgan fingerprint density at radius 1 is 1.18 bits per heavy atom. The lowest BCUT2D eigenvalue weighted by atomic mass is 10.1. The zero-order valence-electron chi connectivity index (χ0n) is 13.3. The number of pyridine rings is 1. The van der Waals surface area contributed by atoms with Gasteiger partial charge in [-0.05, 0) is 38.0 Å². The van der Waals surface area contributed by atoms with Crippen molar-refractivity contribution < 1.29 is 4.79 Å². The third-order valence-corrected chi connectivity index (χ3v) is 3.68. The van der Waals surface area contributed by atoms with Gasteiger partial charge in [0.2, 0.25) is 0 Å². The van der Waals surface area contributed by atoms with E-state index in [1.807, 2.05) is 37.3 Å². The Bertz CT molecular complexity index is 613. The number of nitrogens with zero attached hydrogens (tertiary/aromatic N) is 1. The first-order valence-corrected chi connectivity index (χ1v) is 7.68. The van der Waals surface area contributed by atoms with Crippen molar-refractivity contribution in [1.29, 1.82) is 0 Å². The molecule has 0 saturated carbocycles. The number of nitrogens with one attached hydrogen (secondary N) is 2. The van der Waals surface area contributed by atoms with Gasteiger partial charge < -0.3 is 10.6 Å². The molecule has 22 heavy (non-hydrogen) atoms. The second-order valence-electron chi connectivity index (χ2n) is 5.49. The third-order valence-electron chi connectivity index (χ3n) is 3.68. The second kappa shape index (κ2) is 7.59. The number of rotatable bonds is 6. The second-order valence-corrected chi connectivity index (χ2v) is 5.49. The summed E-state index contributed by atoms with van der Waals surface area (Å²) in [5.74, 6) is 0.639. The average Bonchev–Trinajstić information content (AvgIpc) is 2.55. The van der Waals surface area contributed by atoms with Crippen molar-refractivity contribution in [3.63, 3.8) is 0 Å². The Morgan fingerprint density at radius 3 is 2.59 bits per heavy atom. The van der Waals surface area contributed by atoms with Crippen molar-refractivity contribution in [3.05, 3.63) is 59.8 Å². The number of carbonyl (C=O) groups excluding carboxylic acids is 1. The Balaban J connectivity index is 2.05. The molecule has 1 heterocycles. The van der Waals surface area contributed by atoms with Gasteiger partial charge in [0.05, 0.1) is 6.04 Å². The molecule has 1 amide bonds. The molecule has 1 aromatic heterocycles. The monoisotopic (exact) mass is 297 g/mol. The van der Waals surface area contributed by atoms with E-state index in [4.69, 9.17) is 0 Å². The van der Waals surface area contributed by atoms with Gasteiger partial charge in [0.1, 0.15) is 5.82 Å². The lowest BCUT2D eigenvalue weighted by molar-refractivity contribution is 0.0940. The SMILES string of the molecule is CCC(C)Nc1cc(C(=O)NC(C)c2ccccc2)ccn1. The van der Waals surface area contributed by atoms with Gasteiger partial charge in [-0.25, -0.2) is 4.98 Å². The number of amides is 1. The number of carbonyl (C=O) groups is 1. The number of anilines is 1. The van der Waals surface area contributed by atoms with Crippen LogP contribution in [0.1, 0.15) is 49.2 Å². The van der Waals surface area contributed by atoms with Gasteiger partial charge in [-0.1, -0.05) is 37.3 Å². The molecule has 0 radical (unpaired) electrons. The molecule has 0 fully saturated rings. The molecule has 0 spiro atoms. The number of hydrogen-bond donors (Lipinski definition) is 2. The van der Waals surface area contributed by atoms with Crippen LogP contribution < -0.4 is 10.6 Å². The fourth-order valence-corrected chi connectivity index (χ4v) is 2.11. The normalized spacial score (nSPS) is 13.2. The van der Waals surface area contributed by atoms with Gasteiger partial charge in [0, 0.05) is 17.8 Å². The topological polar surface area (TPSA) is 54.0 Å². The van der Waals surface area contributed by atoms with Gasteiger partial charge in [-0.2, -0.15) is 0 Å². The van der Waals surface area contributed by atoms with Crippen LogP contribution in [0.3, 0.4) is 0 Å². The van der Waals surface area contributed by atoms with Gasteiger partial charge in [-0.15, -0.1) is 0 Å². The van der Waals surface area contributed by atoms with E-state index in [0.717, 1.165) is 17.8 Å². The first kappa shape index (κ1) is 16.0. The summed E-state index contributed by atoms with van der Waals surface area (Å²) >= 11 is 0. The largest absolute Gasteiger partial charge is 0.368 e. The zero-order chi connectivity index (χ0) is 15.9. The molecule has 4 nitrogen and oxygen atoms in total. The minimum Gasteiger partial charge on any atom is -0.368 e.